The summed E-state index contributed by atoms with van der Waals surface area (Å²) in [7, 11) is 0. The van der Waals surface area contributed by atoms with Crippen molar-refractivity contribution in [2.45, 2.75) is 240 Å². The summed E-state index contributed by atoms with van der Waals surface area (Å²) in [6.45, 7) is 34.8. The zero-order valence-corrected chi connectivity index (χ0v) is 58.2. The summed E-state index contributed by atoms with van der Waals surface area (Å²) < 4.78 is 5.86. The second-order valence-corrected chi connectivity index (χ2v) is 36.8. The Hall–Kier alpha value is -6.58. The lowest BCUT2D eigenvalue weighted by Crippen LogP contribution is -2.61. The first-order valence-corrected chi connectivity index (χ1v) is 36.6. The van der Waals surface area contributed by atoms with Crippen molar-refractivity contribution in [1.29, 1.82) is 0 Å². The first kappa shape index (κ1) is 58.0. The van der Waals surface area contributed by atoms with Crippen molar-refractivity contribution < 1.29 is 0 Å². The first-order valence-electron chi connectivity index (χ1n) is 36.6. The largest absolute Gasteiger partial charge is 0.310 e. The minimum absolute atomic E-state index is 0.00996. The van der Waals surface area contributed by atoms with Crippen LogP contribution in [0.15, 0.2) is 127 Å². The lowest BCUT2D eigenvalue weighted by molar-refractivity contribution is 0.224. The van der Waals surface area contributed by atoms with Gasteiger partial charge in [-0.3, -0.25) is 0 Å². The Morgan fingerprint density at radius 1 is 0.359 bits per heavy atom. The highest BCUT2D eigenvalue weighted by Crippen LogP contribution is 2.64. The van der Waals surface area contributed by atoms with Gasteiger partial charge in [-0.15, -0.1) is 0 Å². The number of fused-ring (bicyclic) bond motifs is 14. The standard InChI is InChI=1S/C89H99BN2/c1-83(2,3)61-41-60(42-62(50-61)84(4,5)6)65-51-73-82-77-81(65)91-76-24-23-56(52-25-33-85(7,8)34-26-52)43-66(76)67-45-58(54-29-37-87(11,12)38-30-54)48-74(79(67)91)90(77)75-49-59(55-31-39-88(13,14)40-32-55)46-69-68-44-57(53-27-35-86(9,10)36-28-53)47-72(78(68)92(82)80(69)75)89(73)70-21-17-15-19-63(70)64-20-16-18-22-71(64)89/h15-24,41-55H,25-40H2,1-14H3. The molecule has 0 amide bonds. The molecule has 2 aromatic heterocycles. The summed E-state index contributed by atoms with van der Waals surface area (Å²) in [6, 6.07) is 55.0. The Balaban J connectivity index is 1.05. The van der Waals surface area contributed by atoms with E-state index in [0.717, 1.165) is 0 Å². The van der Waals surface area contributed by atoms with Crippen LogP contribution < -0.4 is 16.4 Å². The monoisotopic (exact) mass is 1210 g/mol. The molecule has 5 heterocycles. The third kappa shape index (κ3) is 8.36. The van der Waals surface area contributed by atoms with Gasteiger partial charge < -0.3 is 9.13 Å². The second-order valence-electron chi connectivity index (χ2n) is 36.8. The van der Waals surface area contributed by atoms with Crippen LogP contribution in [0.3, 0.4) is 0 Å². The van der Waals surface area contributed by atoms with Gasteiger partial charge >= 0.3 is 0 Å². The average molecular weight is 1210 g/mol. The van der Waals surface area contributed by atoms with Crippen molar-refractivity contribution in [1.82, 2.24) is 9.13 Å². The van der Waals surface area contributed by atoms with Crippen LogP contribution in [0.2, 0.25) is 0 Å². The Bertz CT molecular complexity index is 4710. The summed E-state index contributed by atoms with van der Waals surface area (Å²) in [5.74, 6) is 2.13. The lowest BCUT2D eigenvalue weighted by atomic mass is 9.33. The fourth-order valence-corrected chi connectivity index (χ4v) is 20.7. The number of aromatic nitrogens is 2. The van der Waals surface area contributed by atoms with Crippen LogP contribution in [0.5, 0.6) is 0 Å². The Labute approximate surface area is 550 Å². The van der Waals surface area contributed by atoms with E-state index < -0.39 is 5.41 Å². The van der Waals surface area contributed by atoms with E-state index in [9.17, 15) is 0 Å². The first-order chi connectivity index (χ1) is 43.8. The fraction of sp³-hybridized carbons (Fsp3) is 0.461. The molecule has 0 unspecified atom stereocenters. The summed E-state index contributed by atoms with van der Waals surface area (Å²) in [6.07, 6.45) is 20.2. The Morgan fingerprint density at radius 2 is 0.772 bits per heavy atom. The van der Waals surface area contributed by atoms with E-state index in [-0.39, 0.29) is 17.5 Å². The molecule has 5 aliphatic carbocycles. The van der Waals surface area contributed by atoms with E-state index in [1.54, 1.807) is 33.2 Å². The van der Waals surface area contributed by atoms with Crippen LogP contribution in [-0.4, -0.2) is 15.8 Å². The molecule has 468 valence electrons. The van der Waals surface area contributed by atoms with Crippen LogP contribution in [-0.2, 0) is 16.2 Å². The van der Waals surface area contributed by atoms with Crippen LogP contribution in [0, 0.1) is 21.7 Å². The molecule has 0 saturated heterocycles. The van der Waals surface area contributed by atoms with Gasteiger partial charge in [0, 0.05) is 43.8 Å². The van der Waals surface area contributed by atoms with Gasteiger partial charge in [0.1, 0.15) is 0 Å². The van der Waals surface area contributed by atoms with Crippen molar-refractivity contribution in [2.24, 2.45) is 21.7 Å². The molecule has 8 aliphatic rings. The highest BCUT2D eigenvalue weighted by Gasteiger charge is 2.56. The van der Waals surface area contributed by atoms with Gasteiger partial charge in [0.05, 0.1) is 22.1 Å². The predicted molar refractivity (Wildman–Crippen MR) is 393 cm³/mol. The summed E-state index contributed by atoms with van der Waals surface area (Å²) in [5, 5.41) is 5.92. The molecule has 10 aromatic rings. The summed E-state index contributed by atoms with van der Waals surface area (Å²) >= 11 is 0. The highest BCUT2D eigenvalue weighted by molar-refractivity contribution is 7.00. The minimum atomic E-state index is -0.595. The minimum Gasteiger partial charge on any atom is -0.310 e. The van der Waals surface area contributed by atoms with Crippen molar-refractivity contribution in [3.05, 3.63) is 183 Å². The van der Waals surface area contributed by atoms with E-state index in [2.05, 4.69) is 233 Å². The predicted octanol–water partition coefficient (Wildman–Crippen LogP) is 22.7. The van der Waals surface area contributed by atoms with Crippen LogP contribution in [0.4, 0.5) is 0 Å². The van der Waals surface area contributed by atoms with E-state index in [1.807, 2.05) is 0 Å². The SMILES string of the molecule is CC1(C)CCC(c2ccc3c(c2)c2cc(C4CCC(C)(C)CC4)cc4c2n3-c2c(-c3cc(C(C)(C)C)cc(C(C)(C)C)c3)cc3c5c2B4c2cc(C4CCC(C)(C)CC4)cc4c6cc(C7CCC(C)(C)CC7)cc(c6n-5c24)C32c3ccccc3-c3ccccc32)CC1. The van der Waals surface area contributed by atoms with Crippen LogP contribution >= 0.6 is 0 Å². The lowest BCUT2D eigenvalue weighted by Gasteiger charge is -2.45. The number of rotatable bonds is 5. The molecular formula is C89H99BN2. The summed E-state index contributed by atoms with van der Waals surface area (Å²) in [4.78, 5) is 0. The van der Waals surface area contributed by atoms with Gasteiger partial charge in [-0.25, -0.2) is 0 Å². The van der Waals surface area contributed by atoms with Crippen LogP contribution in [0.25, 0.3) is 77.2 Å². The molecule has 3 heteroatoms. The zero-order valence-electron chi connectivity index (χ0n) is 58.2. The third-order valence-electron chi connectivity index (χ3n) is 26.6. The molecule has 0 bridgehead atoms. The van der Waals surface area contributed by atoms with Gasteiger partial charge in [0.15, 0.2) is 0 Å². The number of nitrogens with zero attached hydrogens (tertiary/aromatic N) is 2. The normalized spacial score (nSPS) is 21.1. The Morgan fingerprint density at radius 3 is 1.25 bits per heavy atom. The van der Waals surface area contributed by atoms with E-state index in [1.165, 1.54) is 219 Å². The number of benzene rings is 8. The maximum atomic E-state index is 2.95. The molecule has 0 N–H and O–H groups in total. The molecule has 4 saturated carbocycles. The smallest absolute Gasteiger partial charge is 0.252 e. The third-order valence-corrected chi connectivity index (χ3v) is 26.6. The molecule has 0 atom stereocenters. The Kier molecular flexibility index (Phi) is 12.2. The van der Waals surface area contributed by atoms with Gasteiger partial charge in [0.25, 0.3) is 6.71 Å². The molecule has 0 radical (unpaired) electrons. The van der Waals surface area contributed by atoms with Gasteiger partial charge in [-0.1, -0.05) is 188 Å². The van der Waals surface area contributed by atoms with Gasteiger partial charge in [-0.2, -0.15) is 0 Å². The van der Waals surface area contributed by atoms with E-state index >= 15 is 0 Å². The number of hydrogen-bond donors (Lipinski definition) is 0. The fourth-order valence-electron chi connectivity index (χ4n) is 20.7. The van der Waals surface area contributed by atoms with Gasteiger partial charge in [0.2, 0.25) is 0 Å². The molecule has 8 aromatic carbocycles. The van der Waals surface area contributed by atoms with Crippen molar-refractivity contribution in [3.8, 4) is 33.6 Å². The number of hydrogen-bond acceptors (Lipinski definition) is 0. The van der Waals surface area contributed by atoms with Crippen molar-refractivity contribution in [3.63, 3.8) is 0 Å². The molecule has 1 spiro atoms. The van der Waals surface area contributed by atoms with Crippen molar-refractivity contribution in [2.75, 3.05) is 0 Å². The maximum Gasteiger partial charge on any atom is 0.252 e. The van der Waals surface area contributed by atoms with Gasteiger partial charge in [-0.05, 0) is 284 Å². The zero-order chi connectivity index (χ0) is 63.3. The quantitative estimate of drug-likeness (QED) is 0.152. The topological polar surface area (TPSA) is 9.86 Å². The highest BCUT2D eigenvalue weighted by atomic mass is 15.1. The molecule has 4 fully saturated rings. The van der Waals surface area contributed by atoms with Crippen molar-refractivity contribution >= 4 is 66.7 Å². The maximum absolute atomic E-state index is 2.95. The molecular weight excluding hydrogens is 1110 g/mol. The van der Waals surface area contributed by atoms with Crippen LogP contribution in [0.1, 0.15) is 279 Å². The molecule has 18 rings (SSSR count). The molecule has 3 aliphatic heterocycles. The average Bonchev–Trinajstić information content (AvgIpc) is 1.50. The van der Waals surface area contributed by atoms with E-state index in [4.69, 9.17) is 0 Å². The molecule has 2 nitrogen and oxygen atoms in total. The second kappa shape index (κ2) is 19.3. The molecule has 92 heavy (non-hydrogen) atoms. The summed E-state index contributed by atoms with van der Waals surface area (Å²) in [5.41, 5.74) is 34.5. The van der Waals surface area contributed by atoms with E-state index in [0.29, 0.717) is 45.3 Å².